The third-order valence-electron chi connectivity index (χ3n) is 2.21. The van der Waals surface area contributed by atoms with Gasteiger partial charge in [0.05, 0.1) is 16.4 Å². The molecule has 96 valence electrons. The van der Waals surface area contributed by atoms with Crippen LogP contribution in [0.5, 0.6) is 0 Å². The van der Waals surface area contributed by atoms with E-state index in [1.54, 1.807) is 18.4 Å². The lowest BCUT2D eigenvalue weighted by molar-refractivity contribution is -0.122. The molecule has 1 rings (SSSR count). The zero-order valence-electron chi connectivity index (χ0n) is 9.96. The Hall–Kier alpha value is -0.430. The minimum Gasteiger partial charge on any atom is -0.383 e. The summed E-state index contributed by atoms with van der Waals surface area (Å²) in [6, 6.07) is 3.84. The molecule has 17 heavy (non-hydrogen) atoms. The van der Waals surface area contributed by atoms with Gasteiger partial charge in [-0.25, -0.2) is 0 Å². The van der Waals surface area contributed by atoms with Crippen LogP contribution in [-0.4, -0.2) is 32.2 Å². The fourth-order valence-electron chi connectivity index (χ4n) is 1.22. The van der Waals surface area contributed by atoms with E-state index in [9.17, 15) is 4.79 Å². The molecule has 0 aliphatic heterocycles. The lowest BCUT2D eigenvalue weighted by atomic mass is 10.3. The number of methoxy groups -OCH3 is 1. The highest BCUT2D eigenvalue weighted by Gasteiger charge is 2.11. The average molecular weight is 321 g/mol. The second kappa shape index (κ2) is 7.81. The maximum Gasteiger partial charge on any atom is 0.236 e. The van der Waals surface area contributed by atoms with Crippen LogP contribution >= 0.6 is 27.3 Å². The third-order valence-corrected chi connectivity index (χ3v) is 3.83. The number of hydrogen-bond donors (Lipinski definition) is 2. The van der Waals surface area contributed by atoms with Crippen LogP contribution < -0.4 is 10.6 Å². The number of halogens is 1. The van der Waals surface area contributed by atoms with Crippen LogP contribution in [0.25, 0.3) is 0 Å². The Bertz CT molecular complexity index is 357. The van der Waals surface area contributed by atoms with E-state index in [0.29, 0.717) is 19.7 Å². The molecule has 2 N–H and O–H groups in total. The van der Waals surface area contributed by atoms with E-state index in [-0.39, 0.29) is 11.9 Å². The molecule has 1 unspecified atom stereocenters. The molecule has 0 aliphatic rings. The lowest BCUT2D eigenvalue weighted by Crippen LogP contribution is -2.42. The Kier molecular flexibility index (Phi) is 6.72. The minimum absolute atomic E-state index is 0.00216. The van der Waals surface area contributed by atoms with Gasteiger partial charge in [-0.1, -0.05) is 0 Å². The zero-order chi connectivity index (χ0) is 12.7. The number of thiophene rings is 1. The van der Waals surface area contributed by atoms with Gasteiger partial charge in [0.1, 0.15) is 0 Å². The van der Waals surface area contributed by atoms with Gasteiger partial charge in [-0.2, -0.15) is 0 Å². The summed E-state index contributed by atoms with van der Waals surface area (Å²) in [5.41, 5.74) is 0. The molecule has 0 fully saturated rings. The molecule has 1 heterocycles. The molecular formula is C11H17BrN2O2S. The standard InChI is InChI=1S/C11H17BrN2O2S/c1-8(11(15)13-5-6-16-2)14-7-9-3-4-10(12)17-9/h3-4,8,14H,5-7H2,1-2H3,(H,13,15). The van der Waals surface area contributed by atoms with E-state index in [2.05, 4.69) is 26.6 Å². The second-order valence-corrected chi connectivity index (χ2v) is 6.14. The first-order chi connectivity index (χ1) is 8.13. The van der Waals surface area contributed by atoms with E-state index in [0.717, 1.165) is 3.79 Å². The van der Waals surface area contributed by atoms with Gasteiger partial charge < -0.3 is 15.4 Å². The average Bonchev–Trinajstić information content (AvgIpc) is 2.72. The highest BCUT2D eigenvalue weighted by atomic mass is 79.9. The van der Waals surface area contributed by atoms with Crippen LogP contribution in [-0.2, 0) is 16.1 Å². The fraction of sp³-hybridized carbons (Fsp3) is 0.545. The smallest absolute Gasteiger partial charge is 0.236 e. The predicted molar refractivity (Wildman–Crippen MR) is 73.2 cm³/mol. The monoisotopic (exact) mass is 320 g/mol. The normalized spacial score (nSPS) is 12.4. The molecule has 6 heteroatoms. The molecule has 0 bridgehead atoms. The van der Waals surface area contributed by atoms with Crippen molar-refractivity contribution in [1.29, 1.82) is 0 Å². The third kappa shape index (κ3) is 5.63. The first-order valence-electron chi connectivity index (χ1n) is 5.37. The van der Waals surface area contributed by atoms with Gasteiger partial charge in [0.2, 0.25) is 5.91 Å². The van der Waals surface area contributed by atoms with Crippen LogP contribution in [0.4, 0.5) is 0 Å². The van der Waals surface area contributed by atoms with Crippen molar-refractivity contribution in [3.8, 4) is 0 Å². The van der Waals surface area contributed by atoms with Crippen molar-refractivity contribution < 1.29 is 9.53 Å². The van der Waals surface area contributed by atoms with Crippen molar-refractivity contribution in [3.63, 3.8) is 0 Å². The quantitative estimate of drug-likeness (QED) is 0.753. The topological polar surface area (TPSA) is 50.4 Å². The van der Waals surface area contributed by atoms with Crippen molar-refractivity contribution in [3.05, 3.63) is 20.8 Å². The molecule has 0 saturated heterocycles. The van der Waals surface area contributed by atoms with Gasteiger partial charge in [0.15, 0.2) is 0 Å². The molecule has 0 saturated carbocycles. The molecule has 1 atom stereocenters. The molecule has 1 aromatic rings. The van der Waals surface area contributed by atoms with E-state index in [4.69, 9.17) is 4.74 Å². The van der Waals surface area contributed by atoms with Crippen LogP contribution in [0, 0.1) is 0 Å². The number of carbonyl (C=O) groups is 1. The molecule has 0 aliphatic carbocycles. The number of rotatable bonds is 7. The van der Waals surface area contributed by atoms with Gasteiger partial charge in [-0.05, 0) is 35.0 Å². The molecule has 0 aromatic carbocycles. The van der Waals surface area contributed by atoms with Crippen molar-refractivity contribution in [1.82, 2.24) is 10.6 Å². The number of carbonyl (C=O) groups excluding carboxylic acids is 1. The van der Waals surface area contributed by atoms with Crippen LogP contribution in [0.3, 0.4) is 0 Å². The van der Waals surface area contributed by atoms with Crippen LogP contribution in [0.1, 0.15) is 11.8 Å². The Labute approximate surface area is 114 Å². The van der Waals surface area contributed by atoms with Crippen molar-refractivity contribution in [2.45, 2.75) is 19.5 Å². The maximum atomic E-state index is 11.6. The van der Waals surface area contributed by atoms with Crippen molar-refractivity contribution in [2.75, 3.05) is 20.3 Å². The first kappa shape index (κ1) is 14.6. The summed E-state index contributed by atoms with van der Waals surface area (Å²) in [6.07, 6.45) is 0. The van der Waals surface area contributed by atoms with Crippen molar-refractivity contribution >= 4 is 33.2 Å². The van der Waals surface area contributed by atoms with E-state index >= 15 is 0 Å². The molecule has 1 aromatic heterocycles. The van der Waals surface area contributed by atoms with Gasteiger partial charge >= 0.3 is 0 Å². The number of ether oxygens (including phenoxy) is 1. The maximum absolute atomic E-state index is 11.6. The van der Waals surface area contributed by atoms with Crippen LogP contribution in [0.2, 0.25) is 0 Å². The molecule has 0 spiro atoms. The van der Waals surface area contributed by atoms with Crippen molar-refractivity contribution in [2.24, 2.45) is 0 Å². The molecule has 0 radical (unpaired) electrons. The summed E-state index contributed by atoms with van der Waals surface area (Å²) in [4.78, 5) is 12.8. The van der Waals surface area contributed by atoms with Gasteiger partial charge in [-0.3, -0.25) is 4.79 Å². The van der Waals surface area contributed by atoms with Gasteiger partial charge in [0, 0.05) is 25.1 Å². The highest BCUT2D eigenvalue weighted by molar-refractivity contribution is 9.11. The molecule has 1 amide bonds. The number of nitrogens with one attached hydrogen (secondary N) is 2. The first-order valence-corrected chi connectivity index (χ1v) is 6.98. The Morgan fingerprint density at radius 2 is 2.35 bits per heavy atom. The zero-order valence-corrected chi connectivity index (χ0v) is 12.4. The van der Waals surface area contributed by atoms with Gasteiger partial charge in [0.25, 0.3) is 0 Å². The highest BCUT2D eigenvalue weighted by Crippen LogP contribution is 2.21. The summed E-state index contributed by atoms with van der Waals surface area (Å²) in [7, 11) is 1.61. The summed E-state index contributed by atoms with van der Waals surface area (Å²) in [5.74, 6) is -0.00216. The summed E-state index contributed by atoms with van der Waals surface area (Å²) >= 11 is 5.07. The van der Waals surface area contributed by atoms with Gasteiger partial charge in [-0.15, -0.1) is 11.3 Å². The number of hydrogen-bond acceptors (Lipinski definition) is 4. The lowest BCUT2D eigenvalue weighted by Gasteiger charge is -2.13. The second-order valence-electron chi connectivity index (χ2n) is 3.59. The minimum atomic E-state index is -0.201. The van der Waals surface area contributed by atoms with E-state index in [1.807, 2.05) is 19.1 Å². The van der Waals surface area contributed by atoms with Crippen LogP contribution in [0.15, 0.2) is 15.9 Å². The summed E-state index contributed by atoms with van der Waals surface area (Å²) in [6.45, 7) is 3.64. The summed E-state index contributed by atoms with van der Waals surface area (Å²) < 4.78 is 5.97. The Balaban J connectivity index is 2.24. The predicted octanol–water partition coefficient (Wildman–Crippen LogP) is 1.75. The summed E-state index contributed by atoms with van der Waals surface area (Å²) in [5, 5.41) is 5.97. The Morgan fingerprint density at radius 1 is 1.59 bits per heavy atom. The molecule has 4 nitrogen and oxygen atoms in total. The SMILES string of the molecule is COCCNC(=O)C(C)NCc1ccc(Br)s1. The molecular weight excluding hydrogens is 304 g/mol. The fourth-order valence-corrected chi connectivity index (χ4v) is 2.66. The largest absolute Gasteiger partial charge is 0.383 e. The Morgan fingerprint density at radius 3 is 2.94 bits per heavy atom. The van der Waals surface area contributed by atoms with E-state index in [1.165, 1.54) is 4.88 Å². The number of amides is 1. The van der Waals surface area contributed by atoms with E-state index < -0.39 is 0 Å².